The van der Waals surface area contributed by atoms with Crippen LogP contribution in [-0.2, 0) is 4.79 Å². The summed E-state index contributed by atoms with van der Waals surface area (Å²) in [4.78, 5) is 30.6. The highest BCUT2D eigenvalue weighted by Crippen LogP contribution is 2.40. The number of likely N-dealkylation sites (N-methyl/N-ethyl adjacent to an activating group) is 1. The lowest BCUT2D eigenvalue weighted by Crippen LogP contribution is -2.54. The van der Waals surface area contributed by atoms with Crippen molar-refractivity contribution in [1.29, 1.82) is 0 Å². The number of nitrogens with one attached hydrogen (secondary N) is 2. The molecule has 2 aromatic carbocycles. The van der Waals surface area contributed by atoms with Crippen molar-refractivity contribution in [3.05, 3.63) is 90.0 Å². The molecule has 8 heteroatoms. The van der Waals surface area contributed by atoms with E-state index in [1.54, 1.807) is 12.1 Å². The molecule has 0 unspecified atom stereocenters. The molecule has 1 aliphatic carbocycles. The number of carbonyl (C=O) groups is 2. The van der Waals surface area contributed by atoms with Gasteiger partial charge in [-0.1, -0.05) is 12.1 Å². The van der Waals surface area contributed by atoms with Gasteiger partial charge in [-0.3, -0.25) is 9.59 Å². The molecule has 2 fully saturated rings. The number of benzene rings is 2. The van der Waals surface area contributed by atoms with Gasteiger partial charge >= 0.3 is 0 Å². The Morgan fingerprint density at radius 1 is 0.974 bits per heavy atom. The van der Waals surface area contributed by atoms with Crippen LogP contribution in [-0.4, -0.2) is 78.0 Å². The molecule has 0 spiro atoms. The molecule has 1 saturated carbocycles. The summed E-state index contributed by atoms with van der Waals surface area (Å²) in [6, 6.07) is 17.9. The van der Waals surface area contributed by atoms with Crippen molar-refractivity contribution in [3.8, 4) is 5.69 Å². The predicted octanol–water partition coefficient (Wildman–Crippen LogP) is 3.41. The van der Waals surface area contributed by atoms with Gasteiger partial charge in [0.05, 0.1) is 0 Å². The summed E-state index contributed by atoms with van der Waals surface area (Å²) in [6.45, 7) is 3.78. The van der Waals surface area contributed by atoms with Crippen LogP contribution in [0.15, 0.2) is 73.1 Å². The van der Waals surface area contributed by atoms with Gasteiger partial charge < -0.3 is 25.0 Å². The van der Waals surface area contributed by atoms with Crippen molar-refractivity contribution in [2.24, 2.45) is 0 Å². The number of aromatic nitrogens is 1. The van der Waals surface area contributed by atoms with Crippen LogP contribution in [0.25, 0.3) is 5.69 Å². The van der Waals surface area contributed by atoms with E-state index in [0.29, 0.717) is 37.0 Å². The molecule has 2 heterocycles. The second-order valence-corrected chi connectivity index (χ2v) is 10.4. The van der Waals surface area contributed by atoms with Crippen LogP contribution in [0.5, 0.6) is 0 Å². The zero-order valence-corrected chi connectivity index (χ0v) is 21.9. The minimum Gasteiger partial charge on any atom is -0.340 e. The lowest BCUT2D eigenvalue weighted by molar-refractivity contribution is -0.135. The average molecular weight is 518 g/mol. The number of hydrogen-bond donors (Lipinski definition) is 2. The summed E-state index contributed by atoms with van der Waals surface area (Å²) in [6.07, 6.45) is 6.28. The summed E-state index contributed by atoms with van der Waals surface area (Å²) >= 11 is 0. The van der Waals surface area contributed by atoms with Crippen molar-refractivity contribution in [1.82, 2.24) is 25.0 Å². The maximum atomic E-state index is 13.4. The van der Waals surface area contributed by atoms with Gasteiger partial charge in [0.1, 0.15) is 11.9 Å². The van der Waals surface area contributed by atoms with Crippen molar-refractivity contribution < 1.29 is 14.0 Å². The molecule has 3 atom stereocenters. The quantitative estimate of drug-likeness (QED) is 0.405. The van der Waals surface area contributed by atoms with Crippen molar-refractivity contribution >= 4 is 11.8 Å². The standard InChI is InChI=1S/C30H36FN5O2/c1-34-17-19-36(20-18-34)30(38)27(5-4-14-32-28-21-26(28)22-6-10-24(31)11-7-22)33-29(37)23-8-12-25(13-9-23)35-15-2-3-16-35/h2-3,6-13,15-16,26-28,32H,4-5,14,17-21H2,1H3,(H,33,37)/t26-,27-,28+/m0/s1. The number of piperazine rings is 1. The summed E-state index contributed by atoms with van der Waals surface area (Å²) < 4.78 is 15.2. The van der Waals surface area contributed by atoms with Crippen LogP contribution in [0.1, 0.15) is 41.1 Å². The van der Waals surface area contributed by atoms with E-state index in [4.69, 9.17) is 0 Å². The highest BCUT2D eigenvalue weighted by Gasteiger charge is 2.37. The van der Waals surface area contributed by atoms with Gasteiger partial charge in [-0.05, 0) is 86.9 Å². The molecule has 2 amide bonds. The lowest BCUT2D eigenvalue weighted by atomic mass is 10.1. The fraction of sp³-hybridized carbons (Fsp3) is 0.400. The van der Waals surface area contributed by atoms with Crippen molar-refractivity contribution in [3.63, 3.8) is 0 Å². The van der Waals surface area contributed by atoms with Gasteiger partial charge in [0.2, 0.25) is 5.91 Å². The maximum absolute atomic E-state index is 13.4. The summed E-state index contributed by atoms with van der Waals surface area (Å²) in [7, 11) is 2.06. The van der Waals surface area contributed by atoms with Crippen LogP contribution in [0.2, 0.25) is 0 Å². The molecule has 5 rings (SSSR count). The first-order chi connectivity index (χ1) is 18.5. The Kier molecular flexibility index (Phi) is 8.20. The molecule has 2 aliphatic rings. The van der Waals surface area contributed by atoms with Crippen molar-refractivity contribution in [2.45, 2.75) is 37.3 Å². The van der Waals surface area contributed by atoms with Crippen molar-refractivity contribution in [2.75, 3.05) is 39.8 Å². The van der Waals surface area contributed by atoms with E-state index in [1.165, 1.54) is 12.1 Å². The Hall–Kier alpha value is -3.49. The molecular weight excluding hydrogens is 481 g/mol. The zero-order chi connectivity index (χ0) is 26.5. The molecule has 1 aliphatic heterocycles. The number of halogens is 1. The molecule has 2 N–H and O–H groups in total. The average Bonchev–Trinajstić information content (AvgIpc) is 3.49. The van der Waals surface area contributed by atoms with E-state index in [2.05, 4.69) is 22.6 Å². The third-order valence-corrected chi connectivity index (χ3v) is 7.62. The molecule has 38 heavy (non-hydrogen) atoms. The Labute approximate surface area is 223 Å². The minimum absolute atomic E-state index is 0.00831. The first-order valence-electron chi connectivity index (χ1n) is 13.5. The SMILES string of the molecule is CN1CCN(C(=O)[C@H](CCCN[C@@H]2C[C@H]2c2ccc(F)cc2)NC(=O)c2ccc(-n3cccc3)cc2)CC1. The van der Waals surface area contributed by atoms with Gasteiger partial charge in [0.15, 0.2) is 0 Å². The lowest BCUT2D eigenvalue weighted by Gasteiger charge is -2.34. The largest absolute Gasteiger partial charge is 0.340 e. The summed E-state index contributed by atoms with van der Waals surface area (Å²) in [5, 5.41) is 6.59. The second kappa shape index (κ2) is 11.9. The van der Waals surface area contributed by atoms with Gasteiger partial charge in [-0.2, -0.15) is 0 Å². The Morgan fingerprint density at radius 2 is 1.66 bits per heavy atom. The van der Waals surface area contributed by atoms with Gasteiger partial charge in [0.25, 0.3) is 5.91 Å². The van der Waals surface area contributed by atoms with Gasteiger partial charge in [0, 0.05) is 61.8 Å². The molecule has 0 bridgehead atoms. The van der Waals surface area contributed by atoms with Crippen LogP contribution >= 0.6 is 0 Å². The van der Waals surface area contributed by atoms with E-state index in [9.17, 15) is 14.0 Å². The minimum atomic E-state index is -0.566. The van der Waals surface area contributed by atoms with Crippen LogP contribution in [0.4, 0.5) is 4.39 Å². The van der Waals surface area contributed by atoms with E-state index in [-0.39, 0.29) is 17.6 Å². The van der Waals surface area contributed by atoms with Crippen LogP contribution in [0.3, 0.4) is 0 Å². The van der Waals surface area contributed by atoms with E-state index >= 15 is 0 Å². The molecule has 0 radical (unpaired) electrons. The molecule has 7 nitrogen and oxygen atoms in total. The molecule has 200 valence electrons. The first-order valence-corrected chi connectivity index (χ1v) is 13.5. The van der Waals surface area contributed by atoms with E-state index < -0.39 is 6.04 Å². The maximum Gasteiger partial charge on any atom is 0.251 e. The number of carbonyl (C=O) groups excluding carboxylic acids is 2. The smallest absolute Gasteiger partial charge is 0.251 e. The number of rotatable bonds is 10. The highest BCUT2D eigenvalue weighted by atomic mass is 19.1. The summed E-state index contributed by atoms with van der Waals surface area (Å²) in [5.41, 5.74) is 2.67. The Bertz CT molecular complexity index is 1200. The predicted molar refractivity (Wildman–Crippen MR) is 146 cm³/mol. The Morgan fingerprint density at radius 3 is 2.34 bits per heavy atom. The van der Waals surface area contributed by atoms with Gasteiger partial charge in [-0.15, -0.1) is 0 Å². The first kappa shape index (κ1) is 26.1. The number of nitrogens with zero attached hydrogens (tertiary/aromatic N) is 3. The molecule has 1 saturated heterocycles. The van der Waals surface area contributed by atoms with E-state index in [0.717, 1.165) is 43.7 Å². The fourth-order valence-electron chi connectivity index (χ4n) is 5.13. The van der Waals surface area contributed by atoms with Crippen LogP contribution < -0.4 is 10.6 Å². The number of amides is 2. The monoisotopic (exact) mass is 517 g/mol. The molecule has 1 aromatic heterocycles. The molecule has 3 aromatic rings. The van der Waals surface area contributed by atoms with Gasteiger partial charge in [-0.25, -0.2) is 4.39 Å². The summed E-state index contributed by atoms with van der Waals surface area (Å²) in [5.74, 6) is -0.0458. The normalized spacial score (nSPS) is 20.2. The Balaban J connectivity index is 1.16. The zero-order valence-electron chi connectivity index (χ0n) is 21.9. The molecular formula is C30H36FN5O2. The number of hydrogen-bond acceptors (Lipinski definition) is 4. The van der Waals surface area contributed by atoms with Crippen LogP contribution in [0, 0.1) is 5.82 Å². The third-order valence-electron chi connectivity index (χ3n) is 7.62. The topological polar surface area (TPSA) is 69.6 Å². The highest BCUT2D eigenvalue weighted by molar-refractivity contribution is 5.97. The van der Waals surface area contributed by atoms with E-state index in [1.807, 2.05) is 58.3 Å². The third kappa shape index (κ3) is 6.49. The fourth-order valence-corrected chi connectivity index (χ4v) is 5.13. The second-order valence-electron chi connectivity index (χ2n) is 10.4.